The predicted octanol–water partition coefficient (Wildman–Crippen LogP) is 12.3. The van der Waals surface area contributed by atoms with Crippen LogP contribution in [0, 0.1) is 64.2 Å². The van der Waals surface area contributed by atoms with Gasteiger partial charge in [-0.2, -0.15) is 0 Å². The van der Waals surface area contributed by atoms with Gasteiger partial charge >= 0.3 is 26.2 Å². The van der Waals surface area contributed by atoms with Crippen molar-refractivity contribution in [3.63, 3.8) is 0 Å². The predicted molar refractivity (Wildman–Crippen MR) is 227 cm³/mol. The average molecular weight is 831 g/mol. The number of aromatic nitrogens is 1. The van der Waals surface area contributed by atoms with Gasteiger partial charge in [-0.1, -0.05) is 101 Å². The van der Waals surface area contributed by atoms with Crippen LogP contribution in [0.25, 0.3) is 44.8 Å². The van der Waals surface area contributed by atoms with Crippen LogP contribution in [0.3, 0.4) is 0 Å². The first-order valence-corrected chi connectivity index (χ1v) is 21.0. The summed E-state index contributed by atoms with van der Waals surface area (Å²) in [7, 11) is 0. The largest absolute Gasteiger partial charge is 4.00 e. The smallest absolute Gasteiger partial charge is 0.872 e. The van der Waals surface area contributed by atoms with E-state index in [2.05, 4.69) is 105 Å². The monoisotopic (exact) mass is 829 g/mol. The maximum atomic E-state index is 14.7. The summed E-state index contributed by atoms with van der Waals surface area (Å²) < 4.78 is 0. The molecule has 0 saturated heterocycles. The maximum Gasteiger partial charge on any atom is 4.00 e. The Balaban J connectivity index is 0.00000152. The molecule has 8 saturated carbocycles. The van der Waals surface area contributed by atoms with Crippen molar-refractivity contribution >= 4 is 0 Å². The summed E-state index contributed by atoms with van der Waals surface area (Å²) in [4.78, 5) is 5.34. The molecular formula is C53H57NO2Zr. The van der Waals surface area contributed by atoms with Gasteiger partial charge < -0.3 is 25.1 Å². The van der Waals surface area contributed by atoms with E-state index in [1.165, 1.54) is 88.2 Å². The molecule has 4 aromatic carbocycles. The minimum Gasteiger partial charge on any atom is -0.872 e. The number of aryl methyl sites for hydroxylation is 2. The summed E-state index contributed by atoms with van der Waals surface area (Å²) in [5.41, 5.74) is 11.7. The second-order valence-corrected chi connectivity index (χ2v) is 19.3. The van der Waals surface area contributed by atoms with Gasteiger partial charge in [-0.05, 0) is 183 Å². The van der Waals surface area contributed by atoms with E-state index in [1.807, 2.05) is 0 Å². The summed E-state index contributed by atoms with van der Waals surface area (Å²) in [6, 6.07) is 31.6. The maximum absolute atomic E-state index is 14.7. The Morgan fingerprint density at radius 1 is 0.439 bits per heavy atom. The molecule has 0 spiro atoms. The van der Waals surface area contributed by atoms with E-state index in [9.17, 15) is 10.2 Å². The molecule has 1 aromatic heterocycles. The van der Waals surface area contributed by atoms with Crippen LogP contribution < -0.4 is 10.2 Å². The van der Waals surface area contributed by atoms with Crippen LogP contribution in [0.1, 0.15) is 99.3 Å². The fourth-order valence-corrected chi connectivity index (χ4v) is 14.2. The molecule has 13 rings (SSSR count). The van der Waals surface area contributed by atoms with Crippen LogP contribution >= 0.6 is 0 Å². The van der Waals surface area contributed by atoms with Crippen molar-refractivity contribution in [2.24, 2.45) is 35.5 Å². The molecule has 0 N–H and O–H groups in total. The van der Waals surface area contributed by atoms with Crippen LogP contribution in [0.2, 0.25) is 0 Å². The SMILES string of the molecule is Cc1cc(-c2ccccc2-c2cccc(-c3ccccc3-c3cc(C)cc(C45CC6CC(CC(C6)C4)C5)c3[O-])n2)c([O-])c(C23CC4CC(CC(C4)C2)C3)c1.[CH3-].[CH3-].[Zr+4]. The third-order valence-corrected chi connectivity index (χ3v) is 15.4. The Morgan fingerprint density at radius 3 is 1.09 bits per heavy atom. The van der Waals surface area contributed by atoms with E-state index in [1.54, 1.807) is 0 Å². The quantitative estimate of drug-likeness (QED) is 0.160. The molecular weight excluding hydrogens is 774 g/mol. The summed E-state index contributed by atoms with van der Waals surface area (Å²) >= 11 is 0. The minimum absolute atomic E-state index is 0. The van der Waals surface area contributed by atoms with Crippen molar-refractivity contribution in [3.8, 4) is 56.3 Å². The third-order valence-electron chi connectivity index (χ3n) is 15.4. The summed E-state index contributed by atoms with van der Waals surface area (Å²) in [5, 5.41) is 29.5. The second-order valence-electron chi connectivity index (χ2n) is 19.3. The van der Waals surface area contributed by atoms with E-state index in [-0.39, 0.29) is 63.4 Å². The molecule has 1 heterocycles. The molecule has 57 heavy (non-hydrogen) atoms. The average Bonchev–Trinajstić information content (AvgIpc) is 3.15. The number of rotatable bonds is 6. The van der Waals surface area contributed by atoms with Crippen LogP contribution in [-0.2, 0) is 37.0 Å². The zero-order chi connectivity index (χ0) is 36.3. The molecule has 8 fully saturated rings. The van der Waals surface area contributed by atoms with Gasteiger partial charge in [0.05, 0.1) is 11.4 Å². The van der Waals surface area contributed by atoms with E-state index in [0.29, 0.717) is 0 Å². The second kappa shape index (κ2) is 15.0. The summed E-state index contributed by atoms with van der Waals surface area (Å²) in [6.45, 7) is 4.32. The van der Waals surface area contributed by atoms with Gasteiger partial charge in [0.2, 0.25) is 0 Å². The molecule has 8 aliphatic carbocycles. The van der Waals surface area contributed by atoms with Crippen LogP contribution in [0.4, 0.5) is 0 Å². The van der Waals surface area contributed by atoms with Gasteiger partial charge in [-0.3, -0.25) is 0 Å². The van der Waals surface area contributed by atoms with Crippen molar-refractivity contribution in [1.82, 2.24) is 4.98 Å². The molecule has 0 unspecified atom stereocenters. The van der Waals surface area contributed by atoms with Gasteiger partial charge in [0, 0.05) is 11.1 Å². The Bertz CT molecular complexity index is 2090. The molecule has 0 aliphatic heterocycles. The Kier molecular flexibility index (Phi) is 10.6. The Labute approximate surface area is 360 Å². The summed E-state index contributed by atoms with van der Waals surface area (Å²) in [5.74, 6) is 5.12. The number of benzene rings is 4. The van der Waals surface area contributed by atoms with Crippen molar-refractivity contribution in [2.75, 3.05) is 0 Å². The van der Waals surface area contributed by atoms with Crippen molar-refractivity contribution in [3.05, 3.63) is 128 Å². The zero-order valence-electron chi connectivity index (χ0n) is 34.4. The van der Waals surface area contributed by atoms with Crippen molar-refractivity contribution in [1.29, 1.82) is 0 Å². The number of hydrogen-bond donors (Lipinski definition) is 0. The van der Waals surface area contributed by atoms with Crippen LogP contribution in [-0.4, -0.2) is 4.98 Å². The fourth-order valence-electron chi connectivity index (χ4n) is 14.2. The van der Waals surface area contributed by atoms with Gasteiger partial charge in [0.1, 0.15) is 0 Å². The fraction of sp³-hybridized carbons (Fsp3) is 0.415. The molecule has 0 radical (unpaired) electrons. The minimum atomic E-state index is 0. The molecule has 0 atom stereocenters. The topological polar surface area (TPSA) is 59.0 Å². The zero-order valence-corrected chi connectivity index (χ0v) is 36.8. The number of pyridine rings is 1. The van der Waals surface area contributed by atoms with Gasteiger partial charge in [-0.15, -0.1) is 0 Å². The van der Waals surface area contributed by atoms with Crippen LogP contribution in [0.15, 0.2) is 91.0 Å². The normalized spacial score (nSPS) is 30.0. The van der Waals surface area contributed by atoms with E-state index in [4.69, 9.17) is 4.98 Å². The van der Waals surface area contributed by atoms with E-state index < -0.39 is 0 Å². The van der Waals surface area contributed by atoms with Gasteiger partial charge in [0.25, 0.3) is 0 Å². The van der Waals surface area contributed by atoms with E-state index >= 15 is 0 Å². The summed E-state index contributed by atoms with van der Waals surface area (Å²) in [6.07, 6.45) is 15.3. The first kappa shape index (κ1) is 40.3. The third kappa shape index (κ3) is 6.60. The first-order chi connectivity index (χ1) is 26.2. The Morgan fingerprint density at radius 2 is 0.754 bits per heavy atom. The van der Waals surface area contributed by atoms with E-state index in [0.717, 1.165) is 91.4 Å². The molecule has 3 nitrogen and oxygen atoms in total. The first-order valence-electron chi connectivity index (χ1n) is 21.0. The molecule has 8 aliphatic rings. The van der Waals surface area contributed by atoms with Gasteiger partial charge in [-0.25, -0.2) is 4.98 Å². The molecule has 4 heteroatoms. The molecule has 0 amide bonds. The number of hydrogen-bond acceptors (Lipinski definition) is 3. The van der Waals surface area contributed by atoms with Crippen LogP contribution in [0.5, 0.6) is 11.5 Å². The standard InChI is InChI=1S/C51H53NO2.2CH3.Zr/c1-30-14-42(48(53)44(16-30)50-24-32-18-33(25-50)20-34(19-32)26-50)38-8-3-5-10-40(38)46-12-7-13-47(52-46)41-11-6-4-9-39(41)43-15-31(2)17-45(49(43)54)51-27-35-21-36(28-51)23-37(22-35)29-51;;;/h3-17,32-37,53-54H,18-29H2,1-2H3;2*1H3;/q;2*-1;+4/p-2. The number of nitrogens with zero attached hydrogens (tertiary/aromatic N) is 1. The van der Waals surface area contributed by atoms with Gasteiger partial charge in [0.15, 0.2) is 0 Å². The van der Waals surface area contributed by atoms with Crippen molar-refractivity contribution < 1.29 is 36.4 Å². The molecule has 290 valence electrons. The molecule has 8 bridgehead atoms. The Hall–Kier alpha value is -3.49. The molecule has 5 aromatic rings. The van der Waals surface area contributed by atoms with Crippen molar-refractivity contribution in [2.45, 2.75) is 102 Å².